The second-order valence-corrected chi connectivity index (χ2v) is 12.4. The van der Waals surface area contributed by atoms with Gasteiger partial charge in [-0.15, -0.1) is 0 Å². The van der Waals surface area contributed by atoms with Gasteiger partial charge >= 0.3 is 24.4 Å². The van der Waals surface area contributed by atoms with Crippen molar-refractivity contribution in [2.24, 2.45) is 0 Å². The average Bonchev–Trinajstić information content (AvgIpc) is 3.20. The minimum absolute atomic E-state index is 0.102. The number of carboxylic acids is 3. The maximum absolute atomic E-state index is 12.4. The molecule has 3 aromatic carbocycles. The number of hydroxylamine groups is 2. The monoisotopic (exact) mass is 847 g/mol. The lowest BCUT2D eigenvalue weighted by atomic mass is 10.0. The molecule has 0 radical (unpaired) electrons. The van der Waals surface area contributed by atoms with Crippen molar-refractivity contribution in [1.29, 1.82) is 0 Å². The van der Waals surface area contributed by atoms with Crippen LogP contribution in [-0.4, -0.2) is 119 Å². The molecule has 0 spiro atoms. The minimum Gasteiger partial charge on any atom is -0.542 e. The summed E-state index contributed by atoms with van der Waals surface area (Å²) in [6, 6.07) is 24.1. The third kappa shape index (κ3) is 20.7. The number of hydrogen-bond acceptors (Lipinski definition) is 12. The Bertz CT molecular complexity index is 1670. The Morgan fingerprint density at radius 3 is 1.86 bits per heavy atom. The van der Waals surface area contributed by atoms with Crippen molar-refractivity contribution >= 4 is 24.0 Å². The highest BCUT2D eigenvalue weighted by molar-refractivity contribution is 5.73. The van der Waals surface area contributed by atoms with Gasteiger partial charge in [0, 0.05) is 19.6 Å². The Morgan fingerprint density at radius 2 is 1.36 bits per heavy atom. The molecule has 0 unspecified atom stereocenters. The number of alkyl halides is 6. The van der Waals surface area contributed by atoms with Gasteiger partial charge in [-0.3, -0.25) is 9.63 Å². The van der Waals surface area contributed by atoms with Crippen LogP contribution in [0.25, 0.3) is 11.1 Å². The van der Waals surface area contributed by atoms with E-state index in [1.807, 2.05) is 78.9 Å². The fraction of sp³-hybridized carbons (Fsp3) is 0.421. The van der Waals surface area contributed by atoms with E-state index in [1.54, 1.807) is 7.11 Å². The Hall–Kier alpha value is -5.48. The van der Waals surface area contributed by atoms with Crippen LogP contribution in [-0.2, 0) is 41.8 Å². The molecule has 3 aromatic rings. The van der Waals surface area contributed by atoms with Crippen molar-refractivity contribution in [3.05, 3.63) is 90.0 Å². The molecule has 326 valence electrons. The summed E-state index contributed by atoms with van der Waals surface area (Å²) in [6.45, 7) is 6.76. The van der Waals surface area contributed by atoms with Crippen LogP contribution in [0, 0.1) is 0 Å². The van der Waals surface area contributed by atoms with Gasteiger partial charge in [-0.2, -0.15) is 31.4 Å². The first kappa shape index (κ1) is 49.7. The lowest BCUT2D eigenvalue weighted by Crippen LogP contribution is -3.15. The topological polar surface area (TPSA) is 203 Å². The number of carbonyl (C=O) groups excluding carboxylic acids is 3. The molecule has 21 heteroatoms. The smallest absolute Gasteiger partial charge is 0.430 e. The van der Waals surface area contributed by atoms with E-state index >= 15 is 0 Å². The molecule has 1 aliphatic heterocycles. The third-order valence-electron chi connectivity index (χ3n) is 8.11. The number of alkyl carbamates (subject to hydrolysis) is 1. The third-order valence-corrected chi connectivity index (χ3v) is 8.11. The van der Waals surface area contributed by atoms with Gasteiger partial charge in [-0.1, -0.05) is 66.7 Å². The van der Waals surface area contributed by atoms with Crippen LogP contribution in [0.4, 0.5) is 31.1 Å². The van der Waals surface area contributed by atoms with Crippen LogP contribution in [0.15, 0.2) is 78.9 Å². The molecule has 0 aliphatic carbocycles. The van der Waals surface area contributed by atoms with Crippen molar-refractivity contribution in [1.82, 2.24) is 15.7 Å². The Kier molecular flexibility index (Phi) is 21.7. The summed E-state index contributed by atoms with van der Waals surface area (Å²) in [4.78, 5) is 49.7. The number of nitrogens with one attached hydrogen (secondary N) is 3. The fourth-order valence-corrected chi connectivity index (χ4v) is 5.05. The van der Waals surface area contributed by atoms with E-state index in [4.69, 9.17) is 38.9 Å². The van der Waals surface area contributed by atoms with Crippen LogP contribution in [0.1, 0.15) is 17.5 Å². The molecule has 59 heavy (non-hydrogen) atoms. The van der Waals surface area contributed by atoms with Gasteiger partial charge in [-0.05, 0) is 40.8 Å². The van der Waals surface area contributed by atoms with E-state index in [0.29, 0.717) is 13.2 Å². The lowest BCUT2D eigenvalue weighted by Gasteiger charge is -2.28. The average molecular weight is 848 g/mol. The second-order valence-electron chi connectivity index (χ2n) is 12.4. The molecule has 4 rings (SSSR count). The van der Waals surface area contributed by atoms with E-state index in [9.17, 15) is 41.0 Å². The number of methoxy groups -OCH3 is 1. The normalized spacial score (nSPS) is 13.5. The number of aliphatic carboxylic acids is 3. The summed E-state index contributed by atoms with van der Waals surface area (Å²) in [5, 5.41) is 35.2. The standard InChI is InChI=1S/C34H44N4O7.2C2HF3O2/c1-42-31-13-11-30(12-14-31)29-9-7-27(8-10-29)25-38(45-24-23-43-22-21-37-19-17-35-18-20-37)32(33(39)40)15-16-36-34(41)44-26-28-5-3-2-4-6-28;2*3-2(4,5)1(6)7/h2-14,32,35H,15-26H2,1H3,(H,36,41)(H,39,40);2*(H,6,7)/p-1/t32-;;/m1../s1. The van der Waals surface area contributed by atoms with E-state index in [-0.39, 0.29) is 32.7 Å². The molecule has 1 fully saturated rings. The van der Waals surface area contributed by atoms with Crippen LogP contribution in [0.3, 0.4) is 0 Å². The molecule has 1 aliphatic rings. The summed E-state index contributed by atoms with van der Waals surface area (Å²) >= 11 is 0. The zero-order valence-electron chi connectivity index (χ0n) is 31.8. The number of rotatable bonds is 18. The largest absolute Gasteiger partial charge is 0.542 e. The number of hydrogen-bond donors (Lipinski definition) is 4. The lowest BCUT2D eigenvalue weighted by molar-refractivity contribution is -0.902. The summed E-state index contributed by atoms with van der Waals surface area (Å²) in [5.74, 6) is -6.27. The first-order chi connectivity index (χ1) is 27.9. The number of carboxylic acid groups (broad SMARTS) is 3. The number of halogens is 6. The Balaban J connectivity index is 0.000000732. The highest BCUT2D eigenvalue weighted by atomic mass is 19.4. The maximum Gasteiger partial charge on any atom is 0.430 e. The number of carbonyl (C=O) groups is 4. The van der Waals surface area contributed by atoms with Crippen LogP contribution in [0.5, 0.6) is 5.75 Å². The molecule has 1 saturated heterocycles. The van der Waals surface area contributed by atoms with Gasteiger partial charge in [0.25, 0.3) is 0 Å². The molecular weight excluding hydrogens is 802 g/mol. The summed E-state index contributed by atoms with van der Waals surface area (Å²) in [7, 11) is 1.64. The van der Waals surface area contributed by atoms with Crippen LogP contribution < -0.4 is 30.5 Å². The number of benzene rings is 3. The first-order valence-electron chi connectivity index (χ1n) is 17.9. The van der Waals surface area contributed by atoms with E-state index < -0.39 is 42.4 Å². The molecule has 4 N–H and O–H groups in total. The van der Waals surface area contributed by atoms with Crippen LogP contribution >= 0.6 is 0 Å². The van der Waals surface area contributed by atoms with Crippen molar-refractivity contribution in [2.75, 3.05) is 66.2 Å². The van der Waals surface area contributed by atoms with Gasteiger partial charge < -0.3 is 54.7 Å². The highest BCUT2D eigenvalue weighted by Crippen LogP contribution is 2.24. The zero-order chi connectivity index (χ0) is 43.8. The summed E-state index contributed by atoms with van der Waals surface area (Å²) in [6.07, 6.45) is -10.9. The van der Waals surface area contributed by atoms with E-state index in [1.165, 1.54) is 9.96 Å². The van der Waals surface area contributed by atoms with Crippen molar-refractivity contribution in [3.8, 4) is 16.9 Å². The molecular formula is C38H45F6N4O11-. The zero-order valence-corrected chi connectivity index (χ0v) is 31.8. The van der Waals surface area contributed by atoms with Gasteiger partial charge in [-0.25, -0.2) is 4.79 Å². The van der Waals surface area contributed by atoms with Crippen molar-refractivity contribution < 1.29 is 84.8 Å². The molecule has 1 amide bonds. The molecule has 1 heterocycles. The van der Waals surface area contributed by atoms with Crippen molar-refractivity contribution in [2.45, 2.75) is 38.0 Å². The van der Waals surface area contributed by atoms with E-state index in [2.05, 4.69) is 10.6 Å². The highest BCUT2D eigenvalue weighted by Gasteiger charge is 2.30. The fourth-order valence-electron chi connectivity index (χ4n) is 5.05. The Morgan fingerprint density at radius 1 is 0.814 bits per heavy atom. The maximum atomic E-state index is 12.4. The predicted octanol–water partition coefficient (Wildman–Crippen LogP) is 0.967. The first-order valence-corrected chi connectivity index (χ1v) is 17.9. The molecule has 1 atom stereocenters. The minimum atomic E-state index is -5.19. The van der Waals surface area contributed by atoms with E-state index in [0.717, 1.165) is 60.7 Å². The summed E-state index contributed by atoms with van der Waals surface area (Å²) in [5.41, 5.74) is 3.83. The van der Waals surface area contributed by atoms with Crippen LogP contribution in [0.2, 0.25) is 0 Å². The van der Waals surface area contributed by atoms with Crippen molar-refractivity contribution in [3.63, 3.8) is 0 Å². The van der Waals surface area contributed by atoms with Gasteiger partial charge in [0.05, 0.1) is 46.6 Å². The van der Waals surface area contributed by atoms with Gasteiger partial charge in [0.2, 0.25) is 0 Å². The predicted molar refractivity (Wildman–Crippen MR) is 192 cm³/mol. The number of piperazine rings is 1. The van der Waals surface area contributed by atoms with Gasteiger partial charge in [0.15, 0.2) is 0 Å². The molecule has 0 bridgehead atoms. The number of quaternary nitrogens is 1. The Labute approximate surface area is 335 Å². The number of nitrogens with zero attached hydrogens (tertiary/aromatic N) is 1. The summed E-state index contributed by atoms with van der Waals surface area (Å²) < 4.78 is 79.4. The molecule has 15 nitrogen and oxygen atoms in total. The number of amides is 1. The molecule has 0 aromatic heterocycles. The quantitative estimate of drug-likeness (QED) is 0.0803. The van der Waals surface area contributed by atoms with Gasteiger partial charge in [0.1, 0.15) is 36.9 Å². The molecule has 0 saturated carbocycles. The second kappa shape index (κ2) is 25.8. The number of ether oxygens (including phenoxy) is 3. The SMILES string of the molecule is COc1ccc(-c2ccc(CN(OCCOCC[NH+]3CCNCC3)[C@H](CCNC(=O)OCc3ccccc3)C(=O)O)cc2)cc1.O=C([O-])C(F)(F)F.O=C([O-])C(F)(F)F.